The largest absolute Gasteiger partial charge is 0.508 e. The monoisotopic (exact) mass is 886 g/mol. The maximum atomic E-state index is 13.1. The van der Waals surface area contributed by atoms with Crippen LogP contribution in [0.3, 0.4) is 0 Å². The Morgan fingerprint density at radius 2 is 1.73 bits per heavy atom. The lowest BCUT2D eigenvalue weighted by Gasteiger charge is -2.18. The summed E-state index contributed by atoms with van der Waals surface area (Å²) < 4.78 is 5.88. The molecule has 7 rings (SSSR count). The molecule has 21 heteroatoms. The zero-order chi connectivity index (χ0) is 45.5. The molecule has 0 fully saturated rings. The number of carbonyl (C=O) groups excluding carboxylic acids is 2. The first-order valence-corrected chi connectivity index (χ1v) is 19.9. The van der Waals surface area contributed by atoms with Crippen molar-refractivity contribution in [1.29, 1.82) is 0 Å². The van der Waals surface area contributed by atoms with Gasteiger partial charge < -0.3 is 52.1 Å². The predicted octanol–water partition coefficient (Wildman–Crippen LogP) is 2.89. The minimum Gasteiger partial charge on any atom is -0.508 e. The lowest BCUT2D eigenvalue weighted by Crippen LogP contribution is -2.42. The number of nitrogen functional groups attached to an aromatic ring is 1. The number of aromatic nitrogens is 4. The Hall–Kier alpha value is -8.46. The molecule has 3 heterocycles. The average Bonchev–Trinajstić information content (AvgIpc) is 3.51. The van der Waals surface area contributed by atoms with E-state index < -0.39 is 35.4 Å². The molecule has 0 radical (unpaired) electrons. The van der Waals surface area contributed by atoms with Crippen molar-refractivity contribution in [1.82, 2.24) is 41.2 Å². The summed E-state index contributed by atoms with van der Waals surface area (Å²) in [4.78, 5) is 89.3. The molecule has 0 saturated heterocycles. The number of H-pyrrole nitrogens is 1. The number of phenolic OH excluding ortho intramolecular Hbond substituents is 1. The van der Waals surface area contributed by atoms with Crippen LogP contribution in [0.5, 0.6) is 5.75 Å². The zero-order valence-electron chi connectivity index (χ0n) is 33.4. The number of carboxylic acid groups (broad SMARTS) is 2. The summed E-state index contributed by atoms with van der Waals surface area (Å²) in [7, 11) is 0. The topological polar surface area (TPSA) is 317 Å². The van der Waals surface area contributed by atoms with Crippen molar-refractivity contribution in [2.75, 3.05) is 24.1 Å². The van der Waals surface area contributed by atoms with Crippen molar-refractivity contribution in [2.24, 2.45) is 0 Å². The molecule has 2 aromatic carbocycles. The van der Waals surface area contributed by atoms with Gasteiger partial charge in [0.05, 0.1) is 24.0 Å². The number of hydrogen-bond donors (Lipinski definition) is 10. The van der Waals surface area contributed by atoms with Gasteiger partial charge in [-0.1, -0.05) is 18.2 Å². The van der Waals surface area contributed by atoms with E-state index in [1.807, 2.05) is 0 Å². The number of fused-ring (bicyclic) bond motifs is 3. The van der Waals surface area contributed by atoms with Crippen LogP contribution < -0.4 is 43.3 Å². The maximum absolute atomic E-state index is 13.1. The van der Waals surface area contributed by atoms with Crippen molar-refractivity contribution in [2.45, 2.75) is 31.8 Å². The molecule has 0 bridgehead atoms. The highest BCUT2D eigenvalue weighted by molar-refractivity contribution is 7.80. The van der Waals surface area contributed by atoms with Crippen molar-refractivity contribution >= 4 is 74.9 Å². The summed E-state index contributed by atoms with van der Waals surface area (Å²) in [5.74, 6) is -3.59. The molecule has 2 amide bonds. The van der Waals surface area contributed by atoms with Crippen molar-refractivity contribution < 1.29 is 38.9 Å². The summed E-state index contributed by atoms with van der Waals surface area (Å²) in [6, 6.07) is 11.9. The number of rotatable bonds is 15. The van der Waals surface area contributed by atoms with Crippen molar-refractivity contribution in [3.8, 4) is 28.2 Å². The number of carboxylic acids is 2. The van der Waals surface area contributed by atoms with Crippen LogP contribution in [0.2, 0.25) is 0 Å². The zero-order valence-corrected chi connectivity index (χ0v) is 34.2. The first-order valence-electron chi connectivity index (χ1n) is 19.5. The molecule has 326 valence electrons. The van der Waals surface area contributed by atoms with Crippen LogP contribution in [0.25, 0.3) is 44.6 Å². The Bertz CT molecular complexity index is 3050. The van der Waals surface area contributed by atoms with Crippen LogP contribution in [0.15, 0.2) is 110 Å². The van der Waals surface area contributed by atoms with E-state index in [4.69, 9.17) is 22.4 Å². The number of nitrogens with two attached hydrogens (primary N) is 1. The summed E-state index contributed by atoms with van der Waals surface area (Å²) in [6.07, 6.45) is 7.98. The van der Waals surface area contributed by atoms with E-state index in [-0.39, 0.29) is 88.4 Å². The van der Waals surface area contributed by atoms with E-state index >= 15 is 0 Å². The molecule has 1 atom stereocenters. The highest BCUT2D eigenvalue weighted by Gasteiger charge is 2.24. The van der Waals surface area contributed by atoms with Gasteiger partial charge in [0.2, 0.25) is 11.9 Å². The molecule has 0 spiro atoms. The first-order chi connectivity index (χ1) is 30.7. The molecular formula is C43H38N10O10S. The molecule has 4 aromatic rings. The molecule has 1 aliphatic heterocycles. The van der Waals surface area contributed by atoms with E-state index in [1.54, 1.807) is 42.5 Å². The van der Waals surface area contributed by atoms with Crippen LogP contribution >= 0.6 is 12.2 Å². The van der Waals surface area contributed by atoms with Gasteiger partial charge in [-0.2, -0.15) is 4.98 Å². The molecule has 20 nitrogen and oxygen atoms in total. The normalized spacial score (nSPS) is 12.8. The van der Waals surface area contributed by atoms with E-state index in [2.05, 4.69) is 46.5 Å². The SMILES string of the molecule is Nc1nc2ncc(CNC3=CCC=C(C(=O)NC(CCC(=O)NCCNC(=S)Nc4ccc(-c5c6ccc(=O)cc-6oc6cc(O)ccc56)c(C(=O)O)c4)C(=O)O)C=C3)nc2c(=O)[nH]1. The number of nitrogens with one attached hydrogen (secondary N) is 6. The van der Waals surface area contributed by atoms with Crippen LogP contribution in [0.4, 0.5) is 11.6 Å². The summed E-state index contributed by atoms with van der Waals surface area (Å²) in [5, 5.41) is 44.9. The maximum Gasteiger partial charge on any atom is 0.336 e. The second-order valence-electron chi connectivity index (χ2n) is 14.2. The number of amides is 2. The molecule has 2 aromatic heterocycles. The quantitative estimate of drug-likeness (QED) is 0.0403. The third-order valence-corrected chi connectivity index (χ3v) is 10.0. The number of aromatic hydroxyl groups is 1. The lowest BCUT2D eigenvalue weighted by molar-refractivity contribution is -0.141. The van der Waals surface area contributed by atoms with Crippen LogP contribution in [0, 0.1) is 0 Å². The van der Waals surface area contributed by atoms with Crippen LogP contribution in [-0.4, -0.2) is 83.3 Å². The van der Waals surface area contributed by atoms with Crippen LogP contribution in [0.1, 0.15) is 35.3 Å². The number of benzene rings is 3. The van der Waals surface area contributed by atoms with Gasteiger partial charge in [0, 0.05) is 65.1 Å². The van der Waals surface area contributed by atoms with Gasteiger partial charge in [0.1, 0.15) is 23.1 Å². The number of phenols is 1. The van der Waals surface area contributed by atoms with Crippen molar-refractivity contribution in [3.63, 3.8) is 0 Å². The molecule has 11 N–H and O–H groups in total. The van der Waals surface area contributed by atoms with Gasteiger partial charge in [0.15, 0.2) is 21.7 Å². The fourth-order valence-corrected chi connectivity index (χ4v) is 6.98. The van der Waals surface area contributed by atoms with Gasteiger partial charge in [0.25, 0.3) is 11.5 Å². The van der Waals surface area contributed by atoms with E-state index in [0.29, 0.717) is 45.6 Å². The number of anilines is 2. The highest BCUT2D eigenvalue weighted by Crippen LogP contribution is 2.42. The van der Waals surface area contributed by atoms with E-state index in [9.17, 15) is 44.1 Å². The number of thiocarbonyl (C=S) groups is 1. The number of aromatic carboxylic acids is 1. The highest BCUT2D eigenvalue weighted by atomic mass is 32.1. The van der Waals surface area contributed by atoms with Gasteiger partial charge in [-0.05, 0) is 79.2 Å². The Morgan fingerprint density at radius 1 is 0.938 bits per heavy atom. The smallest absolute Gasteiger partial charge is 0.336 e. The Morgan fingerprint density at radius 3 is 2.53 bits per heavy atom. The van der Waals surface area contributed by atoms with Gasteiger partial charge in [-0.15, -0.1) is 0 Å². The summed E-state index contributed by atoms with van der Waals surface area (Å²) in [5.41, 5.74) is 8.00. The Labute approximate surface area is 366 Å². The summed E-state index contributed by atoms with van der Waals surface area (Å²) in [6.45, 7) is 0.458. The number of allylic oxidation sites excluding steroid dienone is 3. The van der Waals surface area contributed by atoms with Crippen molar-refractivity contribution in [3.05, 3.63) is 128 Å². The second-order valence-corrected chi connectivity index (χ2v) is 14.6. The molecule has 64 heavy (non-hydrogen) atoms. The Balaban J connectivity index is 0.870. The van der Waals surface area contributed by atoms with E-state index in [1.165, 1.54) is 42.6 Å². The molecule has 2 aliphatic carbocycles. The summed E-state index contributed by atoms with van der Waals surface area (Å²) >= 11 is 5.39. The molecule has 1 unspecified atom stereocenters. The fourth-order valence-electron chi connectivity index (χ4n) is 6.76. The number of nitrogens with zero attached hydrogens (tertiary/aromatic N) is 3. The average molecular weight is 887 g/mol. The first kappa shape index (κ1) is 43.6. The number of aliphatic carboxylic acids is 1. The standard InChI is InChI=1S/C43H38N10O10S/c44-42-52-37-36(39(58)53-42)49-24(20-48-37)19-47-22-3-1-2-21(4-5-22)38(57)51-31(41(61)62)12-13-34(56)45-14-15-46-43(64)50-23-6-9-27(30(16-23)40(59)60)35-28-10-7-25(54)17-32(28)63-33-18-26(55)8-11-29(33)35/h2-11,16-18,20,31,47,54H,1,12-15,19H2,(H,45,56)(H,51,57)(H,59,60)(H,61,62)(H2,46,50,64)(H3,44,48,52,53,58). The number of carbonyl (C=O) groups is 4. The molecule has 0 saturated carbocycles. The number of hydrogen-bond acceptors (Lipinski definition) is 14. The third kappa shape index (κ3) is 10.3. The minimum atomic E-state index is -1.36. The number of aromatic amines is 1. The molecular weight excluding hydrogens is 849 g/mol. The minimum absolute atomic E-state index is 0.0358. The third-order valence-electron chi connectivity index (χ3n) is 9.79. The lowest BCUT2D eigenvalue weighted by atomic mass is 9.90. The van der Waals surface area contributed by atoms with E-state index in [0.717, 1.165) is 0 Å². The van der Waals surface area contributed by atoms with Gasteiger partial charge in [-0.3, -0.25) is 24.2 Å². The predicted molar refractivity (Wildman–Crippen MR) is 238 cm³/mol. The molecule has 3 aliphatic rings. The fraction of sp³-hybridized carbons (Fsp3) is 0.163. The van der Waals surface area contributed by atoms with Gasteiger partial charge >= 0.3 is 11.9 Å². The van der Waals surface area contributed by atoms with Gasteiger partial charge in [-0.25, -0.2) is 19.6 Å². The Kier molecular flexibility index (Phi) is 13.0. The van der Waals surface area contributed by atoms with Crippen LogP contribution in [-0.2, 0) is 20.9 Å². The second kappa shape index (κ2) is 19.1.